The van der Waals surface area contributed by atoms with Gasteiger partial charge in [0.2, 0.25) is 0 Å². The summed E-state index contributed by atoms with van der Waals surface area (Å²) in [6, 6.07) is 18.9. The molecule has 2 heteroatoms. The molecule has 0 saturated heterocycles. The monoisotopic (exact) mass is 254 g/mol. The summed E-state index contributed by atoms with van der Waals surface area (Å²) < 4.78 is 0. The predicted molar refractivity (Wildman–Crippen MR) is 76.0 cm³/mol. The van der Waals surface area contributed by atoms with Gasteiger partial charge in [-0.3, -0.25) is 4.79 Å². The Labute approximate surface area is 113 Å². The van der Waals surface area contributed by atoms with Crippen LogP contribution in [0, 0.1) is 0 Å². The van der Waals surface area contributed by atoms with E-state index in [1.807, 2.05) is 60.7 Å². The fourth-order valence-electron chi connectivity index (χ4n) is 2.07. The van der Waals surface area contributed by atoms with Crippen molar-refractivity contribution < 1.29 is 9.90 Å². The molecule has 1 N–H and O–H groups in total. The van der Waals surface area contributed by atoms with Gasteiger partial charge in [-0.1, -0.05) is 60.7 Å². The molecular weight excluding hydrogens is 236 g/mol. The molecule has 0 amide bonds. The van der Waals surface area contributed by atoms with Crippen molar-refractivity contribution in [1.29, 1.82) is 0 Å². The average Bonchev–Trinajstić information content (AvgIpc) is 2.49. The van der Waals surface area contributed by atoms with Crippen molar-refractivity contribution in [3.05, 3.63) is 71.8 Å². The highest BCUT2D eigenvalue weighted by atomic mass is 16.3. The van der Waals surface area contributed by atoms with Gasteiger partial charge in [-0.25, -0.2) is 0 Å². The Hall–Kier alpha value is -1.93. The third-order valence-electron chi connectivity index (χ3n) is 3.16. The first-order valence-electron chi connectivity index (χ1n) is 6.58. The van der Waals surface area contributed by atoms with Crippen molar-refractivity contribution in [2.24, 2.45) is 0 Å². The summed E-state index contributed by atoms with van der Waals surface area (Å²) in [6.45, 7) is 0. The van der Waals surface area contributed by atoms with E-state index in [4.69, 9.17) is 0 Å². The molecule has 2 rings (SSSR count). The summed E-state index contributed by atoms with van der Waals surface area (Å²) >= 11 is 0. The van der Waals surface area contributed by atoms with Crippen LogP contribution in [0.1, 0.15) is 41.3 Å². The number of hydrogen-bond donors (Lipinski definition) is 1. The van der Waals surface area contributed by atoms with Gasteiger partial charge in [0.05, 0.1) is 6.10 Å². The van der Waals surface area contributed by atoms with Crippen LogP contribution in [0.5, 0.6) is 0 Å². The van der Waals surface area contributed by atoms with Crippen LogP contribution in [0.4, 0.5) is 0 Å². The third kappa shape index (κ3) is 4.04. The van der Waals surface area contributed by atoms with Crippen molar-refractivity contribution >= 4 is 5.78 Å². The Morgan fingerprint density at radius 3 is 2.16 bits per heavy atom. The number of benzene rings is 2. The van der Waals surface area contributed by atoms with E-state index < -0.39 is 6.10 Å². The highest BCUT2D eigenvalue weighted by Crippen LogP contribution is 2.19. The van der Waals surface area contributed by atoms with Crippen LogP contribution in [-0.4, -0.2) is 10.9 Å². The second-order valence-corrected chi connectivity index (χ2v) is 4.61. The first-order chi connectivity index (χ1) is 9.27. The minimum Gasteiger partial charge on any atom is -0.388 e. The number of hydrogen-bond acceptors (Lipinski definition) is 2. The van der Waals surface area contributed by atoms with Crippen molar-refractivity contribution in [3.8, 4) is 0 Å². The fraction of sp³-hybridized carbons (Fsp3) is 0.235. The van der Waals surface area contributed by atoms with E-state index in [0.29, 0.717) is 19.3 Å². The summed E-state index contributed by atoms with van der Waals surface area (Å²) in [5.74, 6) is 0.140. The van der Waals surface area contributed by atoms with E-state index in [1.165, 1.54) is 0 Å². The first kappa shape index (κ1) is 13.5. The predicted octanol–water partition coefficient (Wildman–Crippen LogP) is 3.77. The number of Topliss-reactive ketones (excluding diaryl/α,β-unsaturated/α-hetero) is 1. The number of carbonyl (C=O) groups excluding carboxylic acids is 1. The summed E-state index contributed by atoms with van der Waals surface area (Å²) in [7, 11) is 0. The summed E-state index contributed by atoms with van der Waals surface area (Å²) in [6.07, 6.45) is 1.31. The van der Waals surface area contributed by atoms with Gasteiger partial charge in [-0.15, -0.1) is 0 Å². The molecule has 0 bridgehead atoms. The van der Waals surface area contributed by atoms with Crippen molar-refractivity contribution in [3.63, 3.8) is 0 Å². The molecule has 2 nitrogen and oxygen atoms in total. The third-order valence-corrected chi connectivity index (χ3v) is 3.16. The zero-order valence-electron chi connectivity index (χ0n) is 10.8. The molecule has 0 radical (unpaired) electrons. The molecule has 2 aromatic carbocycles. The molecule has 1 atom stereocenters. The van der Waals surface area contributed by atoms with E-state index in [2.05, 4.69) is 0 Å². The molecule has 0 aromatic heterocycles. The standard InChI is InChI=1S/C17H18O2/c18-16(14-8-3-1-4-9-14)12-7-13-17(19)15-10-5-2-6-11-15/h1-6,8-11,16,18H,7,12-13H2/t16-/m0/s1. The molecule has 2 aromatic rings. The smallest absolute Gasteiger partial charge is 0.162 e. The lowest BCUT2D eigenvalue weighted by atomic mass is 10.0. The normalized spacial score (nSPS) is 12.1. The quantitative estimate of drug-likeness (QED) is 0.797. The Morgan fingerprint density at radius 2 is 1.53 bits per heavy atom. The van der Waals surface area contributed by atoms with E-state index in [1.54, 1.807) is 0 Å². The SMILES string of the molecule is O=C(CCC[C@H](O)c1ccccc1)c1ccccc1. The van der Waals surface area contributed by atoms with E-state index in [9.17, 15) is 9.90 Å². The molecular formula is C17H18O2. The highest BCUT2D eigenvalue weighted by molar-refractivity contribution is 5.95. The average molecular weight is 254 g/mol. The molecule has 0 spiro atoms. The van der Waals surface area contributed by atoms with E-state index in [-0.39, 0.29) is 5.78 Å². The topological polar surface area (TPSA) is 37.3 Å². The van der Waals surface area contributed by atoms with Crippen LogP contribution >= 0.6 is 0 Å². The van der Waals surface area contributed by atoms with Crippen LogP contribution in [0.25, 0.3) is 0 Å². The van der Waals surface area contributed by atoms with Gasteiger partial charge in [0, 0.05) is 12.0 Å². The van der Waals surface area contributed by atoms with E-state index in [0.717, 1.165) is 11.1 Å². The van der Waals surface area contributed by atoms with Crippen molar-refractivity contribution in [2.75, 3.05) is 0 Å². The van der Waals surface area contributed by atoms with Crippen LogP contribution < -0.4 is 0 Å². The molecule has 98 valence electrons. The maximum absolute atomic E-state index is 11.9. The van der Waals surface area contributed by atoms with Crippen LogP contribution in [0.15, 0.2) is 60.7 Å². The van der Waals surface area contributed by atoms with Gasteiger partial charge < -0.3 is 5.11 Å². The maximum atomic E-state index is 11.9. The van der Waals surface area contributed by atoms with Crippen molar-refractivity contribution in [2.45, 2.75) is 25.4 Å². The summed E-state index contributed by atoms with van der Waals surface area (Å²) in [4.78, 5) is 11.9. The lowest BCUT2D eigenvalue weighted by Crippen LogP contribution is -2.02. The van der Waals surface area contributed by atoms with Gasteiger partial charge in [0.25, 0.3) is 0 Å². The number of aliphatic hydroxyl groups excluding tert-OH is 1. The largest absolute Gasteiger partial charge is 0.388 e. The van der Waals surface area contributed by atoms with Gasteiger partial charge in [0.15, 0.2) is 5.78 Å². The fourth-order valence-corrected chi connectivity index (χ4v) is 2.07. The van der Waals surface area contributed by atoms with Crippen LogP contribution in [-0.2, 0) is 0 Å². The van der Waals surface area contributed by atoms with Gasteiger partial charge in [0.1, 0.15) is 0 Å². The number of aliphatic hydroxyl groups is 1. The van der Waals surface area contributed by atoms with Crippen molar-refractivity contribution in [1.82, 2.24) is 0 Å². The molecule has 0 fully saturated rings. The molecule has 0 aliphatic heterocycles. The molecule has 0 unspecified atom stereocenters. The Morgan fingerprint density at radius 1 is 0.947 bits per heavy atom. The lowest BCUT2D eigenvalue weighted by Gasteiger charge is -2.10. The second-order valence-electron chi connectivity index (χ2n) is 4.61. The number of rotatable bonds is 6. The van der Waals surface area contributed by atoms with Gasteiger partial charge in [-0.05, 0) is 18.4 Å². The second kappa shape index (κ2) is 6.86. The zero-order chi connectivity index (χ0) is 13.5. The molecule has 0 aliphatic rings. The zero-order valence-corrected chi connectivity index (χ0v) is 10.8. The lowest BCUT2D eigenvalue weighted by molar-refractivity contribution is 0.0969. The van der Waals surface area contributed by atoms with Crippen LogP contribution in [0.3, 0.4) is 0 Å². The maximum Gasteiger partial charge on any atom is 0.162 e. The van der Waals surface area contributed by atoms with Gasteiger partial charge >= 0.3 is 0 Å². The molecule has 0 saturated carbocycles. The Kier molecular flexibility index (Phi) is 4.87. The first-order valence-corrected chi connectivity index (χ1v) is 6.58. The van der Waals surface area contributed by atoms with Crippen LogP contribution in [0.2, 0.25) is 0 Å². The summed E-state index contributed by atoms with van der Waals surface area (Å²) in [5.41, 5.74) is 1.66. The Balaban J connectivity index is 1.79. The minimum absolute atomic E-state index is 0.140. The molecule has 0 heterocycles. The van der Waals surface area contributed by atoms with Gasteiger partial charge in [-0.2, -0.15) is 0 Å². The molecule has 0 aliphatic carbocycles. The Bertz CT molecular complexity index is 505. The number of carbonyl (C=O) groups is 1. The summed E-state index contributed by atoms with van der Waals surface area (Å²) in [5, 5.41) is 9.99. The number of ketones is 1. The van der Waals surface area contributed by atoms with E-state index >= 15 is 0 Å². The highest BCUT2D eigenvalue weighted by Gasteiger charge is 2.09. The minimum atomic E-state index is -0.482. The molecule has 19 heavy (non-hydrogen) atoms.